The molecule has 1 aromatic carbocycles. The van der Waals surface area contributed by atoms with Gasteiger partial charge in [0.15, 0.2) is 0 Å². The van der Waals surface area contributed by atoms with Gasteiger partial charge < -0.3 is 5.32 Å². The van der Waals surface area contributed by atoms with Crippen molar-refractivity contribution >= 4 is 16.6 Å². The molecule has 0 atom stereocenters. The third-order valence-corrected chi connectivity index (χ3v) is 3.05. The summed E-state index contributed by atoms with van der Waals surface area (Å²) in [6.07, 6.45) is 8.48. The molecule has 1 heterocycles. The number of hydrogen-bond acceptors (Lipinski definition) is 2. The van der Waals surface area contributed by atoms with Crippen LogP contribution in [-0.4, -0.2) is 16.7 Å². The van der Waals surface area contributed by atoms with Crippen molar-refractivity contribution in [1.29, 1.82) is 0 Å². The van der Waals surface area contributed by atoms with Crippen LogP contribution in [0.2, 0.25) is 0 Å². The Balaban J connectivity index is 1.75. The topological polar surface area (TPSA) is 40.7 Å². The largest absolute Gasteiger partial charge is 0.385 e. The molecule has 2 aromatic rings. The van der Waals surface area contributed by atoms with Gasteiger partial charge in [-0.1, -0.05) is 32.6 Å². The summed E-state index contributed by atoms with van der Waals surface area (Å²) in [5, 5.41) is 11.6. The molecule has 0 saturated heterocycles. The van der Waals surface area contributed by atoms with Crippen molar-refractivity contribution in [2.24, 2.45) is 0 Å². The zero-order chi connectivity index (χ0) is 11.9. The quantitative estimate of drug-likeness (QED) is 0.708. The average Bonchev–Trinajstić information content (AvgIpc) is 2.81. The van der Waals surface area contributed by atoms with E-state index in [0.717, 1.165) is 12.1 Å². The van der Waals surface area contributed by atoms with Crippen LogP contribution >= 0.6 is 0 Å². The fourth-order valence-electron chi connectivity index (χ4n) is 2.01. The molecule has 0 unspecified atom stereocenters. The third-order valence-electron chi connectivity index (χ3n) is 3.05. The van der Waals surface area contributed by atoms with Crippen molar-refractivity contribution in [2.45, 2.75) is 39.0 Å². The lowest BCUT2D eigenvalue weighted by Crippen LogP contribution is -2.00. The van der Waals surface area contributed by atoms with Crippen molar-refractivity contribution in [2.75, 3.05) is 11.9 Å². The SMILES string of the molecule is CCCCCCCNc1ccc2[nH]ncc2c1. The number of rotatable bonds is 7. The number of fused-ring (bicyclic) bond motifs is 1. The maximum absolute atomic E-state index is 4.02. The lowest BCUT2D eigenvalue weighted by molar-refractivity contribution is 0.645. The average molecular weight is 231 g/mol. The van der Waals surface area contributed by atoms with E-state index in [0.29, 0.717) is 0 Å². The van der Waals surface area contributed by atoms with Gasteiger partial charge in [0.25, 0.3) is 0 Å². The highest BCUT2D eigenvalue weighted by Gasteiger charge is 1.97. The van der Waals surface area contributed by atoms with E-state index < -0.39 is 0 Å². The van der Waals surface area contributed by atoms with E-state index in [4.69, 9.17) is 0 Å². The zero-order valence-electron chi connectivity index (χ0n) is 10.5. The van der Waals surface area contributed by atoms with Gasteiger partial charge in [0.2, 0.25) is 0 Å². The van der Waals surface area contributed by atoms with Gasteiger partial charge in [0.1, 0.15) is 0 Å². The minimum Gasteiger partial charge on any atom is -0.385 e. The Morgan fingerprint density at radius 2 is 2.06 bits per heavy atom. The summed E-state index contributed by atoms with van der Waals surface area (Å²) in [5.41, 5.74) is 2.29. The monoisotopic (exact) mass is 231 g/mol. The Morgan fingerprint density at radius 3 is 2.94 bits per heavy atom. The third kappa shape index (κ3) is 3.48. The number of H-pyrrole nitrogens is 1. The molecule has 0 aliphatic heterocycles. The highest BCUT2D eigenvalue weighted by atomic mass is 15.1. The molecular formula is C14H21N3. The number of nitrogens with one attached hydrogen (secondary N) is 2. The summed E-state index contributed by atoms with van der Waals surface area (Å²) >= 11 is 0. The lowest BCUT2D eigenvalue weighted by atomic mass is 10.1. The standard InChI is InChI=1S/C14H21N3/c1-2-3-4-5-6-9-15-13-7-8-14-12(10-13)11-16-17-14/h7-8,10-11,15H,2-6,9H2,1H3,(H,16,17). The molecule has 3 heteroatoms. The summed E-state index contributed by atoms with van der Waals surface area (Å²) in [5.74, 6) is 0. The van der Waals surface area contributed by atoms with Crippen molar-refractivity contribution in [1.82, 2.24) is 10.2 Å². The summed E-state index contributed by atoms with van der Waals surface area (Å²) < 4.78 is 0. The first-order chi connectivity index (χ1) is 8.40. The predicted octanol–water partition coefficient (Wildman–Crippen LogP) is 3.95. The minimum absolute atomic E-state index is 1.06. The lowest BCUT2D eigenvalue weighted by Gasteiger charge is -2.06. The van der Waals surface area contributed by atoms with E-state index in [9.17, 15) is 0 Å². The fraction of sp³-hybridized carbons (Fsp3) is 0.500. The fourth-order valence-corrected chi connectivity index (χ4v) is 2.01. The number of aromatic amines is 1. The molecule has 0 amide bonds. The molecule has 1 aromatic heterocycles. The highest BCUT2D eigenvalue weighted by Crippen LogP contribution is 2.16. The molecule has 92 valence electrons. The van der Waals surface area contributed by atoms with Gasteiger partial charge in [-0.3, -0.25) is 5.10 Å². The molecule has 0 radical (unpaired) electrons. The molecular weight excluding hydrogens is 210 g/mol. The predicted molar refractivity (Wildman–Crippen MR) is 73.3 cm³/mol. The molecule has 0 bridgehead atoms. The molecule has 0 spiro atoms. The van der Waals surface area contributed by atoms with Crippen LogP contribution in [-0.2, 0) is 0 Å². The normalized spacial score (nSPS) is 10.9. The Morgan fingerprint density at radius 1 is 1.18 bits per heavy atom. The highest BCUT2D eigenvalue weighted by molar-refractivity contribution is 5.81. The van der Waals surface area contributed by atoms with E-state index in [1.54, 1.807) is 0 Å². The van der Waals surface area contributed by atoms with Crippen LogP contribution in [0.4, 0.5) is 5.69 Å². The van der Waals surface area contributed by atoms with Gasteiger partial charge in [-0.05, 0) is 24.6 Å². The summed E-state index contributed by atoms with van der Waals surface area (Å²) in [4.78, 5) is 0. The van der Waals surface area contributed by atoms with Crippen molar-refractivity contribution < 1.29 is 0 Å². The molecule has 3 nitrogen and oxygen atoms in total. The second-order valence-electron chi connectivity index (χ2n) is 4.51. The van der Waals surface area contributed by atoms with E-state index in [2.05, 4.69) is 40.6 Å². The number of nitrogens with zero attached hydrogens (tertiary/aromatic N) is 1. The summed E-state index contributed by atoms with van der Waals surface area (Å²) in [6.45, 7) is 3.31. The van der Waals surface area contributed by atoms with Gasteiger partial charge in [0, 0.05) is 17.6 Å². The van der Waals surface area contributed by atoms with Crippen molar-refractivity contribution in [3.8, 4) is 0 Å². The van der Waals surface area contributed by atoms with Crippen LogP contribution in [0.25, 0.3) is 10.9 Å². The maximum atomic E-state index is 4.02. The van der Waals surface area contributed by atoms with Crippen LogP contribution in [0, 0.1) is 0 Å². The number of unbranched alkanes of at least 4 members (excludes halogenated alkanes) is 4. The van der Waals surface area contributed by atoms with Gasteiger partial charge in [-0.25, -0.2) is 0 Å². The minimum atomic E-state index is 1.06. The van der Waals surface area contributed by atoms with Crippen LogP contribution in [0.1, 0.15) is 39.0 Å². The molecule has 0 saturated carbocycles. The first-order valence-electron chi connectivity index (χ1n) is 6.57. The number of aromatic nitrogens is 2. The Hall–Kier alpha value is -1.51. The smallest absolute Gasteiger partial charge is 0.0651 e. The van der Waals surface area contributed by atoms with Crippen LogP contribution in [0.15, 0.2) is 24.4 Å². The van der Waals surface area contributed by atoms with Crippen LogP contribution in [0.3, 0.4) is 0 Å². The molecule has 2 rings (SSSR count). The number of benzene rings is 1. The van der Waals surface area contributed by atoms with Crippen LogP contribution in [0.5, 0.6) is 0 Å². The second-order valence-corrected chi connectivity index (χ2v) is 4.51. The Kier molecular flexibility index (Phi) is 4.42. The Bertz CT molecular complexity index is 447. The maximum Gasteiger partial charge on any atom is 0.0651 e. The van der Waals surface area contributed by atoms with E-state index in [-0.39, 0.29) is 0 Å². The first-order valence-corrected chi connectivity index (χ1v) is 6.57. The van der Waals surface area contributed by atoms with Crippen molar-refractivity contribution in [3.05, 3.63) is 24.4 Å². The van der Waals surface area contributed by atoms with Gasteiger partial charge in [-0.15, -0.1) is 0 Å². The molecule has 2 N–H and O–H groups in total. The van der Waals surface area contributed by atoms with E-state index >= 15 is 0 Å². The summed E-state index contributed by atoms with van der Waals surface area (Å²) in [7, 11) is 0. The molecule has 0 fully saturated rings. The number of hydrogen-bond donors (Lipinski definition) is 2. The molecule has 17 heavy (non-hydrogen) atoms. The number of anilines is 1. The van der Waals surface area contributed by atoms with Crippen molar-refractivity contribution in [3.63, 3.8) is 0 Å². The Labute approximate surface area is 103 Å². The first kappa shape index (κ1) is 12.0. The zero-order valence-corrected chi connectivity index (χ0v) is 10.5. The van der Waals surface area contributed by atoms with E-state index in [1.165, 1.54) is 43.2 Å². The molecule has 0 aliphatic carbocycles. The van der Waals surface area contributed by atoms with Crippen LogP contribution < -0.4 is 5.32 Å². The summed E-state index contributed by atoms with van der Waals surface area (Å²) in [6, 6.07) is 6.32. The molecule has 0 aliphatic rings. The van der Waals surface area contributed by atoms with Gasteiger partial charge in [-0.2, -0.15) is 5.10 Å². The second kappa shape index (κ2) is 6.28. The van der Waals surface area contributed by atoms with E-state index in [1.807, 2.05) is 6.20 Å². The van der Waals surface area contributed by atoms with Gasteiger partial charge in [0.05, 0.1) is 11.7 Å². The van der Waals surface area contributed by atoms with Gasteiger partial charge >= 0.3 is 0 Å².